The molecule has 0 spiro atoms. The summed E-state index contributed by atoms with van der Waals surface area (Å²) in [4.78, 5) is 0. The monoisotopic (exact) mass is 247 g/mol. The number of piperidine rings is 1. The third-order valence-electron chi connectivity index (χ3n) is 3.30. The van der Waals surface area contributed by atoms with Crippen LogP contribution in [0, 0.1) is 0 Å². The van der Waals surface area contributed by atoms with Gasteiger partial charge in [0, 0.05) is 16.5 Å². The highest BCUT2D eigenvalue weighted by Gasteiger charge is 2.48. The Morgan fingerprint density at radius 3 is 1.94 bits per heavy atom. The molecule has 4 nitrogen and oxygen atoms in total. The normalized spacial score (nSPS) is 26.6. The van der Waals surface area contributed by atoms with Crippen molar-refractivity contribution in [1.82, 2.24) is 5.06 Å². The van der Waals surface area contributed by atoms with Crippen LogP contribution in [0.1, 0.15) is 40.5 Å². The maximum Gasteiger partial charge on any atom is 0.174 e. The van der Waals surface area contributed by atoms with Crippen molar-refractivity contribution in [3.05, 3.63) is 12.0 Å². The van der Waals surface area contributed by atoms with Gasteiger partial charge in [0.1, 0.15) is 0 Å². The summed E-state index contributed by atoms with van der Waals surface area (Å²) >= 11 is 0. The minimum absolute atomic E-state index is 0.418. The molecule has 0 bridgehead atoms. The Balaban J connectivity index is 3.09. The second-order valence-electron chi connectivity index (χ2n) is 5.72. The van der Waals surface area contributed by atoms with Gasteiger partial charge in [-0.3, -0.25) is 0 Å². The van der Waals surface area contributed by atoms with Crippen LogP contribution in [0.15, 0.2) is 12.0 Å². The van der Waals surface area contributed by atoms with Gasteiger partial charge in [0.2, 0.25) is 0 Å². The lowest BCUT2D eigenvalue weighted by atomic mass is 9.82. The smallest absolute Gasteiger partial charge is 0.174 e. The Morgan fingerprint density at radius 2 is 1.62 bits per heavy atom. The molecule has 0 aromatic carbocycles. The van der Waals surface area contributed by atoms with Crippen LogP contribution in [-0.4, -0.2) is 35.0 Å². The summed E-state index contributed by atoms with van der Waals surface area (Å²) in [5.74, 6) is 0. The van der Waals surface area contributed by atoms with Crippen molar-refractivity contribution in [3.8, 4) is 0 Å². The van der Waals surface area contributed by atoms with E-state index in [0.717, 1.165) is 5.41 Å². The van der Waals surface area contributed by atoms with Gasteiger partial charge < -0.3 is 5.21 Å². The Labute approximate surface area is 97.8 Å². The summed E-state index contributed by atoms with van der Waals surface area (Å²) in [6.07, 6.45) is 0.836. The SMILES string of the molecule is C=CS(=O)(=O)C1CC(C)(C)N(O)C(C)(C)C1. The lowest BCUT2D eigenvalue weighted by Crippen LogP contribution is -2.61. The van der Waals surface area contributed by atoms with Gasteiger partial charge in [-0.25, -0.2) is 8.42 Å². The second-order valence-corrected chi connectivity index (χ2v) is 7.90. The minimum atomic E-state index is -3.26. The van der Waals surface area contributed by atoms with Crippen LogP contribution < -0.4 is 0 Å². The first-order chi connectivity index (χ1) is 7.03. The highest BCUT2D eigenvalue weighted by molar-refractivity contribution is 7.94. The molecule has 0 unspecified atom stereocenters. The van der Waals surface area contributed by atoms with E-state index >= 15 is 0 Å². The van der Waals surface area contributed by atoms with Crippen LogP contribution in [0.3, 0.4) is 0 Å². The van der Waals surface area contributed by atoms with E-state index in [1.807, 2.05) is 27.7 Å². The number of hydroxylamine groups is 2. The van der Waals surface area contributed by atoms with Crippen LogP contribution in [-0.2, 0) is 9.84 Å². The number of nitrogens with zero attached hydrogens (tertiary/aromatic N) is 1. The molecule has 1 rings (SSSR count). The van der Waals surface area contributed by atoms with Crippen molar-refractivity contribution in [2.75, 3.05) is 0 Å². The van der Waals surface area contributed by atoms with Crippen molar-refractivity contribution < 1.29 is 13.6 Å². The maximum absolute atomic E-state index is 11.8. The molecule has 0 saturated carbocycles. The molecular formula is C11H21NO3S. The average molecular weight is 247 g/mol. The van der Waals surface area contributed by atoms with E-state index in [9.17, 15) is 13.6 Å². The van der Waals surface area contributed by atoms with E-state index in [0.29, 0.717) is 12.8 Å². The zero-order valence-electron chi connectivity index (χ0n) is 10.4. The fraction of sp³-hybridized carbons (Fsp3) is 0.818. The van der Waals surface area contributed by atoms with Crippen molar-refractivity contribution in [1.29, 1.82) is 0 Å². The first-order valence-corrected chi connectivity index (χ1v) is 6.99. The third-order valence-corrected chi connectivity index (χ3v) is 5.03. The quantitative estimate of drug-likeness (QED) is 0.810. The summed E-state index contributed by atoms with van der Waals surface area (Å²) in [6.45, 7) is 10.7. The fourth-order valence-corrected chi connectivity index (χ4v) is 4.10. The molecule has 1 aliphatic rings. The molecule has 94 valence electrons. The summed E-state index contributed by atoms with van der Waals surface area (Å²) in [5, 5.41) is 11.9. The topological polar surface area (TPSA) is 57.6 Å². The highest BCUT2D eigenvalue weighted by Crippen LogP contribution is 2.39. The molecule has 1 N–H and O–H groups in total. The molecule has 1 fully saturated rings. The van der Waals surface area contributed by atoms with E-state index in [4.69, 9.17) is 0 Å². The maximum atomic E-state index is 11.8. The molecule has 0 radical (unpaired) electrons. The highest BCUT2D eigenvalue weighted by atomic mass is 32.2. The number of rotatable bonds is 2. The van der Waals surface area contributed by atoms with Gasteiger partial charge in [0.15, 0.2) is 9.84 Å². The molecule has 1 saturated heterocycles. The zero-order chi connectivity index (χ0) is 12.8. The third kappa shape index (κ3) is 2.31. The van der Waals surface area contributed by atoms with Gasteiger partial charge >= 0.3 is 0 Å². The molecule has 16 heavy (non-hydrogen) atoms. The summed E-state index contributed by atoms with van der Waals surface area (Å²) < 4.78 is 23.6. The molecule has 0 aromatic rings. The number of hydrogen-bond acceptors (Lipinski definition) is 4. The van der Waals surface area contributed by atoms with Gasteiger partial charge in [-0.05, 0) is 40.5 Å². The Kier molecular flexibility index (Phi) is 3.27. The molecule has 0 aromatic heterocycles. The first-order valence-electron chi connectivity index (χ1n) is 5.38. The lowest BCUT2D eigenvalue weighted by molar-refractivity contribution is -0.240. The average Bonchev–Trinajstić information content (AvgIpc) is 2.13. The molecule has 0 atom stereocenters. The molecular weight excluding hydrogens is 226 g/mol. The molecule has 0 aliphatic carbocycles. The number of sulfone groups is 1. The Morgan fingerprint density at radius 1 is 1.25 bits per heavy atom. The van der Waals surface area contributed by atoms with Gasteiger partial charge in [-0.1, -0.05) is 6.58 Å². The summed E-state index contributed by atoms with van der Waals surface area (Å²) in [6, 6.07) is 0. The van der Waals surface area contributed by atoms with Crippen LogP contribution in [0.2, 0.25) is 0 Å². The van der Waals surface area contributed by atoms with E-state index in [2.05, 4.69) is 6.58 Å². The predicted molar refractivity (Wildman–Crippen MR) is 63.9 cm³/mol. The van der Waals surface area contributed by atoms with E-state index < -0.39 is 26.2 Å². The minimum Gasteiger partial charge on any atom is -0.313 e. The van der Waals surface area contributed by atoms with E-state index in [-0.39, 0.29) is 0 Å². The van der Waals surface area contributed by atoms with Crippen LogP contribution >= 0.6 is 0 Å². The van der Waals surface area contributed by atoms with Crippen molar-refractivity contribution >= 4 is 9.84 Å². The first kappa shape index (κ1) is 13.7. The van der Waals surface area contributed by atoms with Gasteiger partial charge in [-0.2, -0.15) is 5.06 Å². The molecule has 1 aliphatic heterocycles. The molecule has 5 heteroatoms. The summed E-state index contributed by atoms with van der Waals surface area (Å²) in [7, 11) is -3.26. The Hall–Kier alpha value is -0.390. The van der Waals surface area contributed by atoms with Crippen LogP contribution in [0.5, 0.6) is 0 Å². The van der Waals surface area contributed by atoms with Crippen molar-refractivity contribution in [3.63, 3.8) is 0 Å². The van der Waals surface area contributed by atoms with E-state index in [1.165, 1.54) is 5.06 Å². The number of hydrogen-bond donors (Lipinski definition) is 1. The van der Waals surface area contributed by atoms with Crippen molar-refractivity contribution in [2.24, 2.45) is 0 Å². The van der Waals surface area contributed by atoms with Crippen LogP contribution in [0.4, 0.5) is 0 Å². The van der Waals surface area contributed by atoms with Gasteiger partial charge in [0.05, 0.1) is 5.25 Å². The molecule has 0 amide bonds. The molecule has 1 heterocycles. The second kappa shape index (κ2) is 3.82. The van der Waals surface area contributed by atoms with Crippen molar-refractivity contribution in [2.45, 2.75) is 56.9 Å². The Bertz CT molecular complexity index is 366. The largest absolute Gasteiger partial charge is 0.313 e. The zero-order valence-corrected chi connectivity index (χ0v) is 11.2. The van der Waals surface area contributed by atoms with Gasteiger partial charge in [-0.15, -0.1) is 0 Å². The van der Waals surface area contributed by atoms with Crippen LogP contribution in [0.25, 0.3) is 0 Å². The van der Waals surface area contributed by atoms with Gasteiger partial charge in [0.25, 0.3) is 0 Å². The lowest BCUT2D eigenvalue weighted by Gasteiger charge is -2.50. The predicted octanol–water partition coefficient (Wildman–Crippen LogP) is 1.96. The summed E-state index contributed by atoms with van der Waals surface area (Å²) in [5.41, 5.74) is -1.08. The van der Waals surface area contributed by atoms with E-state index in [1.54, 1.807) is 0 Å². The standard InChI is InChI=1S/C11H21NO3S/c1-6-16(14,15)9-7-10(2,3)12(13)11(4,5)8-9/h6,9,13H,1,7-8H2,2-5H3. The fourth-order valence-electron chi connectivity index (χ4n) is 2.55.